The lowest BCUT2D eigenvalue weighted by atomic mass is 10.1. The van der Waals surface area contributed by atoms with E-state index in [2.05, 4.69) is 15.6 Å². The lowest BCUT2D eigenvalue weighted by Crippen LogP contribution is -2.24. The normalized spacial score (nSPS) is 10.6. The van der Waals surface area contributed by atoms with Gasteiger partial charge in [-0.15, -0.1) is 0 Å². The molecule has 0 spiro atoms. The summed E-state index contributed by atoms with van der Waals surface area (Å²) in [6, 6.07) is 16.4. The molecule has 0 saturated heterocycles. The number of nitrogens with zero attached hydrogens (tertiary/aromatic N) is 2. The number of furan rings is 1. The molecule has 0 fully saturated rings. The summed E-state index contributed by atoms with van der Waals surface area (Å²) < 4.78 is 7.11. The number of anilines is 1. The van der Waals surface area contributed by atoms with E-state index in [0.29, 0.717) is 24.3 Å². The summed E-state index contributed by atoms with van der Waals surface area (Å²) in [5, 5.41) is 5.76. The fourth-order valence-electron chi connectivity index (χ4n) is 3.23. The number of aryl methyl sites for hydroxylation is 1. The minimum absolute atomic E-state index is 0.212. The third-order valence-corrected chi connectivity index (χ3v) is 4.96. The topological polar surface area (TPSA) is 89.2 Å². The molecule has 7 nitrogen and oxygen atoms in total. The van der Waals surface area contributed by atoms with Crippen LogP contribution < -0.4 is 10.6 Å². The van der Waals surface area contributed by atoms with E-state index >= 15 is 0 Å². The number of carbonyl (C=O) groups excluding carboxylic acids is 2. The van der Waals surface area contributed by atoms with Crippen molar-refractivity contribution < 1.29 is 14.0 Å². The van der Waals surface area contributed by atoms with Crippen LogP contribution in [0.5, 0.6) is 0 Å². The van der Waals surface area contributed by atoms with E-state index in [1.54, 1.807) is 42.9 Å². The van der Waals surface area contributed by atoms with Gasteiger partial charge < -0.3 is 19.6 Å². The summed E-state index contributed by atoms with van der Waals surface area (Å²) >= 11 is 0. The van der Waals surface area contributed by atoms with Crippen molar-refractivity contribution in [1.82, 2.24) is 14.9 Å². The Morgan fingerprint density at radius 1 is 1.03 bits per heavy atom. The van der Waals surface area contributed by atoms with Gasteiger partial charge in [0.15, 0.2) is 5.76 Å². The number of hydrogen-bond acceptors (Lipinski definition) is 4. The second-order valence-electron chi connectivity index (χ2n) is 7.15. The van der Waals surface area contributed by atoms with E-state index in [0.717, 1.165) is 16.7 Å². The zero-order chi connectivity index (χ0) is 21.6. The van der Waals surface area contributed by atoms with Gasteiger partial charge in [-0.05, 0) is 47.9 Å². The Bertz CT molecular complexity index is 1180. The molecular formula is C24H22N4O3. The van der Waals surface area contributed by atoms with E-state index in [-0.39, 0.29) is 17.6 Å². The molecule has 2 N–H and O–H groups in total. The smallest absolute Gasteiger partial charge is 0.291 e. The van der Waals surface area contributed by atoms with Crippen molar-refractivity contribution in [2.75, 3.05) is 5.32 Å². The summed E-state index contributed by atoms with van der Waals surface area (Å²) in [7, 11) is 0. The molecule has 31 heavy (non-hydrogen) atoms. The zero-order valence-electron chi connectivity index (χ0n) is 17.0. The van der Waals surface area contributed by atoms with Crippen LogP contribution in [0.2, 0.25) is 0 Å². The van der Waals surface area contributed by atoms with Gasteiger partial charge in [0.25, 0.3) is 11.8 Å². The van der Waals surface area contributed by atoms with Crippen molar-refractivity contribution in [1.29, 1.82) is 0 Å². The van der Waals surface area contributed by atoms with Crippen LogP contribution in [0.1, 0.15) is 37.6 Å². The molecule has 0 radical (unpaired) electrons. The molecule has 0 aliphatic heterocycles. The Labute approximate surface area is 179 Å². The summed E-state index contributed by atoms with van der Waals surface area (Å²) in [6.07, 6.45) is 6.85. The predicted octanol–water partition coefficient (Wildman–Crippen LogP) is 4.02. The van der Waals surface area contributed by atoms with Crippen LogP contribution in [-0.4, -0.2) is 21.4 Å². The average Bonchev–Trinajstić information content (AvgIpc) is 3.49. The first-order valence-corrected chi connectivity index (χ1v) is 9.86. The second kappa shape index (κ2) is 9.13. The van der Waals surface area contributed by atoms with Gasteiger partial charge in [0.05, 0.1) is 12.6 Å². The molecular weight excluding hydrogens is 392 g/mol. The molecule has 0 bridgehead atoms. The minimum atomic E-state index is -0.362. The monoisotopic (exact) mass is 414 g/mol. The van der Waals surface area contributed by atoms with Crippen molar-refractivity contribution in [2.45, 2.75) is 20.0 Å². The van der Waals surface area contributed by atoms with Crippen LogP contribution in [0.4, 0.5) is 5.69 Å². The Kier molecular flexibility index (Phi) is 5.93. The van der Waals surface area contributed by atoms with E-state index in [4.69, 9.17) is 4.42 Å². The van der Waals surface area contributed by atoms with Crippen LogP contribution in [0.15, 0.2) is 84.0 Å². The molecule has 7 heteroatoms. The molecule has 0 unspecified atom stereocenters. The Morgan fingerprint density at radius 2 is 1.87 bits per heavy atom. The number of imidazole rings is 1. The van der Waals surface area contributed by atoms with Crippen LogP contribution in [0.25, 0.3) is 0 Å². The summed E-state index contributed by atoms with van der Waals surface area (Å²) in [6.45, 7) is 2.94. The minimum Gasteiger partial charge on any atom is -0.459 e. The fourth-order valence-corrected chi connectivity index (χ4v) is 3.23. The quantitative estimate of drug-likeness (QED) is 0.478. The number of carbonyl (C=O) groups is 2. The third-order valence-electron chi connectivity index (χ3n) is 4.96. The first kappa shape index (κ1) is 20.2. The number of rotatable bonds is 7. The Hall–Kier alpha value is -4.13. The number of amides is 2. The number of hydrogen-bond donors (Lipinski definition) is 2. The van der Waals surface area contributed by atoms with Crippen molar-refractivity contribution in [2.24, 2.45) is 0 Å². The second-order valence-corrected chi connectivity index (χ2v) is 7.15. The lowest BCUT2D eigenvalue weighted by Gasteiger charge is -2.13. The van der Waals surface area contributed by atoms with Gasteiger partial charge in [-0.25, -0.2) is 4.98 Å². The standard InChI is InChI=1S/C24H22N4O3/c1-17-8-9-18(13-21(17)27-24(30)22-7-4-12-31-22)23(29)26-14-19-5-2-3-6-20(19)15-28-11-10-25-16-28/h2-13,16H,14-15H2,1H3,(H,26,29)(H,27,30). The van der Waals surface area contributed by atoms with Gasteiger partial charge in [-0.1, -0.05) is 30.3 Å². The van der Waals surface area contributed by atoms with Crippen LogP contribution in [0, 0.1) is 6.92 Å². The summed E-state index contributed by atoms with van der Waals surface area (Å²) in [5.74, 6) is -0.367. The van der Waals surface area contributed by atoms with E-state index in [1.807, 2.05) is 42.0 Å². The Balaban J connectivity index is 1.44. The highest BCUT2D eigenvalue weighted by Crippen LogP contribution is 2.19. The van der Waals surface area contributed by atoms with Crippen molar-refractivity contribution in [3.05, 3.63) is 108 Å². The number of nitrogens with one attached hydrogen (secondary N) is 2. The highest BCUT2D eigenvalue weighted by Gasteiger charge is 2.13. The van der Waals surface area contributed by atoms with E-state index < -0.39 is 0 Å². The summed E-state index contributed by atoms with van der Waals surface area (Å²) in [5.41, 5.74) is 4.02. The Morgan fingerprint density at radius 3 is 2.61 bits per heavy atom. The van der Waals surface area contributed by atoms with Crippen molar-refractivity contribution in [3.63, 3.8) is 0 Å². The van der Waals surface area contributed by atoms with Gasteiger partial charge in [0, 0.05) is 36.7 Å². The maximum absolute atomic E-state index is 12.8. The lowest BCUT2D eigenvalue weighted by molar-refractivity contribution is 0.0948. The molecule has 0 saturated carbocycles. The highest BCUT2D eigenvalue weighted by atomic mass is 16.3. The molecule has 2 amide bonds. The molecule has 2 aromatic heterocycles. The highest BCUT2D eigenvalue weighted by molar-refractivity contribution is 6.03. The maximum atomic E-state index is 12.8. The maximum Gasteiger partial charge on any atom is 0.291 e. The van der Waals surface area contributed by atoms with Crippen molar-refractivity contribution >= 4 is 17.5 Å². The average molecular weight is 414 g/mol. The summed E-state index contributed by atoms with van der Waals surface area (Å²) in [4.78, 5) is 29.1. The zero-order valence-corrected chi connectivity index (χ0v) is 17.0. The first-order valence-electron chi connectivity index (χ1n) is 9.86. The van der Waals surface area contributed by atoms with E-state index in [1.165, 1.54) is 6.26 Å². The van der Waals surface area contributed by atoms with Gasteiger partial charge >= 0.3 is 0 Å². The van der Waals surface area contributed by atoms with Crippen LogP contribution >= 0.6 is 0 Å². The van der Waals surface area contributed by atoms with Gasteiger partial charge in [0.1, 0.15) is 0 Å². The predicted molar refractivity (Wildman–Crippen MR) is 117 cm³/mol. The van der Waals surface area contributed by atoms with Crippen molar-refractivity contribution in [3.8, 4) is 0 Å². The molecule has 2 heterocycles. The molecule has 156 valence electrons. The number of aromatic nitrogens is 2. The van der Waals surface area contributed by atoms with E-state index in [9.17, 15) is 9.59 Å². The molecule has 0 atom stereocenters. The largest absolute Gasteiger partial charge is 0.459 e. The first-order chi connectivity index (χ1) is 15.1. The van der Waals surface area contributed by atoms with Crippen LogP contribution in [0.3, 0.4) is 0 Å². The SMILES string of the molecule is Cc1ccc(C(=O)NCc2ccccc2Cn2ccnc2)cc1NC(=O)c1ccco1. The molecule has 4 rings (SSSR count). The molecule has 0 aliphatic carbocycles. The molecule has 2 aromatic carbocycles. The van der Waals surface area contributed by atoms with Gasteiger partial charge in [-0.2, -0.15) is 0 Å². The van der Waals surface area contributed by atoms with Crippen LogP contribution in [-0.2, 0) is 13.1 Å². The third kappa shape index (κ3) is 4.90. The van der Waals surface area contributed by atoms with Gasteiger partial charge in [0.2, 0.25) is 0 Å². The molecule has 4 aromatic rings. The molecule has 0 aliphatic rings. The van der Waals surface area contributed by atoms with Gasteiger partial charge in [-0.3, -0.25) is 9.59 Å². The number of benzene rings is 2. The fraction of sp³-hybridized carbons (Fsp3) is 0.125.